The number of ether oxygens (including phenoxy) is 1. The predicted molar refractivity (Wildman–Crippen MR) is 141 cm³/mol. The van der Waals surface area contributed by atoms with E-state index < -0.39 is 0 Å². The van der Waals surface area contributed by atoms with Crippen molar-refractivity contribution in [3.05, 3.63) is 77.2 Å². The minimum absolute atomic E-state index is 0.735. The molecule has 5 aromatic rings. The molecule has 170 valence electrons. The number of hydrogen-bond donors (Lipinski definition) is 0. The normalized spacial score (nSPS) is 14.6. The van der Waals surface area contributed by atoms with Crippen molar-refractivity contribution in [3.63, 3.8) is 0 Å². The summed E-state index contributed by atoms with van der Waals surface area (Å²) in [6.45, 7) is 4.09. The van der Waals surface area contributed by atoms with Gasteiger partial charge in [-0.1, -0.05) is 60.7 Å². The average molecular weight is 503 g/mol. The predicted octanol–water partition coefficient (Wildman–Crippen LogP) is 6.47. The summed E-state index contributed by atoms with van der Waals surface area (Å²) in [6, 6.07) is 20.8. The molecule has 3 aromatic heterocycles. The second-order valence-corrected chi connectivity index (χ2v) is 10.9. The lowest BCUT2D eigenvalue weighted by Crippen LogP contribution is -2.36. The van der Waals surface area contributed by atoms with E-state index in [9.17, 15) is 0 Å². The van der Waals surface area contributed by atoms with E-state index in [0.29, 0.717) is 0 Å². The minimum Gasteiger partial charge on any atom is -0.379 e. The van der Waals surface area contributed by atoms with Gasteiger partial charge in [0.25, 0.3) is 0 Å². The van der Waals surface area contributed by atoms with Gasteiger partial charge in [-0.05, 0) is 17.3 Å². The highest BCUT2D eigenvalue weighted by Crippen LogP contribution is 2.42. The molecule has 0 atom stereocenters. The van der Waals surface area contributed by atoms with Gasteiger partial charge in [-0.2, -0.15) is 0 Å². The number of thiophene rings is 1. The molecule has 34 heavy (non-hydrogen) atoms. The quantitative estimate of drug-likeness (QED) is 0.248. The Morgan fingerprint density at radius 2 is 1.56 bits per heavy atom. The first-order valence-corrected chi connectivity index (χ1v) is 13.7. The van der Waals surface area contributed by atoms with Crippen molar-refractivity contribution in [1.29, 1.82) is 0 Å². The van der Waals surface area contributed by atoms with E-state index in [2.05, 4.69) is 52.1 Å². The molecule has 2 aromatic carbocycles. The molecule has 6 rings (SSSR count). The third kappa shape index (κ3) is 4.64. The van der Waals surface area contributed by atoms with Gasteiger partial charge in [0.15, 0.2) is 4.34 Å². The minimum atomic E-state index is 0.735. The summed E-state index contributed by atoms with van der Waals surface area (Å²) >= 11 is 4.99. The summed E-state index contributed by atoms with van der Waals surface area (Å²) in [5.74, 6) is 0.859. The number of rotatable bonds is 6. The second kappa shape index (κ2) is 9.93. The highest BCUT2D eigenvalue weighted by Gasteiger charge is 2.20. The molecule has 0 radical (unpaired) electrons. The van der Waals surface area contributed by atoms with E-state index in [1.165, 1.54) is 11.1 Å². The summed E-state index contributed by atoms with van der Waals surface area (Å²) in [5.41, 5.74) is 4.50. The van der Waals surface area contributed by atoms with Crippen LogP contribution in [0.15, 0.2) is 80.8 Å². The third-order valence-corrected chi connectivity index (χ3v) is 8.54. The van der Waals surface area contributed by atoms with Gasteiger partial charge in [-0.25, -0.2) is 15.0 Å². The second-order valence-electron chi connectivity index (χ2n) is 8.00. The Balaban J connectivity index is 1.40. The van der Waals surface area contributed by atoms with Gasteiger partial charge in [0.2, 0.25) is 0 Å². The fourth-order valence-electron chi connectivity index (χ4n) is 4.01. The SMILES string of the molecule is c1ccc(-c2csc(Sc3nc(CN4CCOCC4)nc4scc(-c5ccccc5)c34)n2)cc1. The molecular formula is C26H22N4OS3. The molecular weight excluding hydrogens is 481 g/mol. The van der Waals surface area contributed by atoms with Gasteiger partial charge in [0, 0.05) is 35.0 Å². The molecule has 0 spiro atoms. The molecule has 0 bridgehead atoms. The van der Waals surface area contributed by atoms with Crippen molar-refractivity contribution >= 4 is 44.7 Å². The standard InChI is InChI=1S/C26H22N4OS3/c1-3-7-18(8-4-1)20-16-32-24-23(20)25(29-22(28-24)15-30-11-13-31-14-12-30)34-26-27-21(17-33-26)19-9-5-2-6-10-19/h1-10,16-17H,11-15H2. The highest BCUT2D eigenvalue weighted by atomic mass is 32.2. The zero-order chi connectivity index (χ0) is 22.7. The fourth-order valence-corrected chi connectivity index (χ4v) is 6.94. The maximum Gasteiger partial charge on any atom is 0.156 e. The maximum absolute atomic E-state index is 5.51. The largest absolute Gasteiger partial charge is 0.379 e. The molecule has 4 heterocycles. The Bertz CT molecular complexity index is 1400. The van der Waals surface area contributed by atoms with Crippen LogP contribution in [0.4, 0.5) is 0 Å². The first-order chi connectivity index (χ1) is 16.8. The maximum atomic E-state index is 5.51. The number of benzene rings is 2. The molecule has 1 aliphatic heterocycles. The van der Waals surface area contributed by atoms with E-state index in [1.54, 1.807) is 34.4 Å². The van der Waals surface area contributed by atoms with E-state index in [4.69, 9.17) is 19.7 Å². The lowest BCUT2D eigenvalue weighted by Gasteiger charge is -2.25. The lowest BCUT2D eigenvalue weighted by atomic mass is 10.1. The van der Waals surface area contributed by atoms with E-state index in [0.717, 1.165) is 69.5 Å². The Morgan fingerprint density at radius 1 is 0.824 bits per heavy atom. The number of morpholine rings is 1. The van der Waals surface area contributed by atoms with Crippen LogP contribution in [-0.2, 0) is 11.3 Å². The van der Waals surface area contributed by atoms with Gasteiger partial charge in [0.05, 0.1) is 30.8 Å². The Labute approximate surface area is 210 Å². The molecule has 0 unspecified atom stereocenters. The topological polar surface area (TPSA) is 51.1 Å². The Morgan fingerprint density at radius 3 is 2.32 bits per heavy atom. The van der Waals surface area contributed by atoms with E-state index in [-0.39, 0.29) is 0 Å². The summed E-state index contributed by atoms with van der Waals surface area (Å²) < 4.78 is 6.50. The zero-order valence-electron chi connectivity index (χ0n) is 18.4. The highest BCUT2D eigenvalue weighted by molar-refractivity contribution is 8.01. The summed E-state index contributed by atoms with van der Waals surface area (Å²) in [4.78, 5) is 18.3. The average Bonchev–Trinajstić information content (AvgIpc) is 3.53. The van der Waals surface area contributed by atoms with Gasteiger partial charge < -0.3 is 4.74 Å². The van der Waals surface area contributed by atoms with Gasteiger partial charge in [0.1, 0.15) is 15.7 Å². The van der Waals surface area contributed by atoms with Crippen molar-refractivity contribution in [3.8, 4) is 22.4 Å². The van der Waals surface area contributed by atoms with Crippen LogP contribution < -0.4 is 0 Å². The molecule has 1 aliphatic rings. The van der Waals surface area contributed by atoms with Crippen LogP contribution in [0.3, 0.4) is 0 Å². The molecule has 1 saturated heterocycles. The number of hydrogen-bond acceptors (Lipinski definition) is 8. The first-order valence-electron chi connectivity index (χ1n) is 11.2. The fraction of sp³-hybridized carbons (Fsp3) is 0.192. The van der Waals surface area contributed by atoms with Crippen molar-refractivity contribution in [2.45, 2.75) is 15.9 Å². The van der Waals surface area contributed by atoms with Crippen molar-refractivity contribution in [1.82, 2.24) is 19.9 Å². The number of aromatic nitrogens is 3. The lowest BCUT2D eigenvalue weighted by molar-refractivity contribution is 0.0330. The Kier molecular flexibility index (Phi) is 6.39. The molecule has 0 saturated carbocycles. The van der Waals surface area contributed by atoms with Crippen molar-refractivity contribution in [2.24, 2.45) is 0 Å². The molecule has 5 nitrogen and oxygen atoms in total. The third-order valence-electron chi connectivity index (χ3n) is 5.74. The molecule has 0 N–H and O–H groups in total. The van der Waals surface area contributed by atoms with Gasteiger partial charge in [-0.15, -0.1) is 22.7 Å². The monoisotopic (exact) mass is 502 g/mol. The van der Waals surface area contributed by atoms with E-state index in [1.807, 2.05) is 24.3 Å². The number of thiazole rings is 1. The van der Waals surface area contributed by atoms with Gasteiger partial charge >= 0.3 is 0 Å². The van der Waals surface area contributed by atoms with Crippen LogP contribution in [0, 0.1) is 0 Å². The van der Waals surface area contributed by atoms with E-state index >= 15 is 0 Å². The molecule has 0 aliphatic carbocycles. The smallest absolute Gasteiger partial charge is 0.156 e. The molecule has 1 fully saturated rings. The molecule has 8 heteroatoms. The zero-order valence-corrected chi connectivity index (χ0v) is 20.8. The summed E-state index contributed by atoms with van der Waals surface area (Å²) in [5, 5.41) is 6.41. The van der Waals surface area contributed by atoms with Crippen LogP contribution in [0.2, 0.25) is 0 Å². The molecule has 0 amide bonds. The van der Waals surface area contributed by atoms with Crippen LogP contribution in [-0.4, -0.2) is 46.2 Å². The van der Waals surface area contributed by atoms with Crippen LogP contribution >= 0.6 is 34.4 Å². The van der Waals surface area contributed by atoms with Crippen LogP contribution in [0.1, 0.15) is 5.82 Å². The van der Waals surface area contributed by atoms with Gasteiger partial charge in [-0.3, -0.25) is 4.90 Å². The first kappa shape index (κ1) is 21.9. The summed E-state index contributed by atoms with van der Waals surface area (Å²) in [6.07, 6.45) is 0. The van der Waals surface area contributed by atoms with Crippen molar-refractivity contribution in [2.75, 3.05) is 26.3 Å². The summed E-state index contributed by atoms with van der Waals surface area (Å²) in [7, 11) is 0. The Hall–Kier alpha value is -2.62. The number of fused-ring (bicyclic) bond motifs is 1. The van der Waals surface area contributed by atoms with Crippen LogP contribution in [0.5, 0.6) is 0 Å². The van der Waals surface area contributed by atoms with Crippen LogP contribution in [0.25, 0.3) is 32.6 Å². The number of nitrogens with zero attached hydrogens (tertiary/aromatic N) is 4. The van der Waals surface area contributed by atoms with Crippen molar-refractivity contribution < 1.29 is 4.74 Å².